The second-order valence-electron chi connectivity index (χ2n) is 7.32. The van der Waals surface area contributed by atoms with E-state index >= 15 is 0 Å². The lowest BCUT2D eigenvalue weighted by molar-refractivity contribution is -0.137. The molecule has 1 aliphatic heterocycles. The van der Waals surface area contributed by atoms with Crippen LogP contribution < -0.4 is 5.32 Å². The largest absolute Gasteiger partial charge is 0.416 e. The number of rotatable bonds is 6. The van der Waals surface area contributed by atoms with E-state index in [4.69, 9.17) is 0 Å². The van der Waals surface area contributed by atoms with Crippen molar-refractivity contribution >= 4 is 5.91 Å². The molecule has 1 aliphatic carbocycles. The molecule has 1 saturated heterocycles. The van der Waals surface area contributed by atoms with Gasteiger partial charge in [0.1, 0.15) is 0 Å². The Balaban J connectivity index is 1.45. The van der Waals surface area contributed by atoms with Crippen molar-refractivity contribution < 1.29 is 18.0 Å². The molecule has 2 fully saturated rings. The highest BCUT2D eigenvalue weighted by Crippen LogP contribution is 2.29. The first-order valence-corrected chi connectivity index (χ1v) is 9.08. The molecule has 25 heavy (non-hydrogen) atoms. The molecule has 2 aliphatic rings. The maximum Gasteiger partial charge on any atom is 0.416 e. The number of amides is 1. The fraction of sp³-hybridized carbons (Fsp3) is 0.632. The highest BCUT2D eigenvalue weighted by atomic mass is 19.4. The summed E-state index contributed by atoms with van der Waals surface area (Å²) in [5, 5.41) is 3.02. The normalized spacial score (nSPS) is 22.0. The average molecular weight is 354 g/mol. The van der Waals surface area contributed by atoms with Crippen LogP contribution in [0.2, 0.25) is 0 Å². The predicted molar refractivity (Wildman–Crippen MR) is 89.8 cm³/mol. The van der Waals surface area contributed by atoms with Crippen molar-refractivity contribution in [2.45, 2.75) is 57.3 Å². The number of nitrogens with one attached hydrogen (secondary N) is 1. The summed E-state index contributed by atoms with van der Waals surface area (Å²) in [4.78, 5) is 14.1. The third kappa shape index (κ3) is 5.73. The molecule has 6 heteroatoms. The zero-order valence-corrected chi connectivity index (χ0v) is 14.3. The third-order valence-electron chi connectivity index (χ3n) is 5.01. The van der Waals surface area contributed by atoms with Crippen LogP contribution in [0.15, 0.2) is 24.3 Å². The SMILES string of the molecule is O=C(CC[C@H]1CCCN(Cc2ccc(C(F)(F)F)cc2)C1)NC1CC1. The van der Waals surface area contributed by atoms with E-state index in [-0.39, 0.29) is 5.91 Å². The maximum atomic E-state index is 12.6. The second kappa shape index (κ2) is 7.77. The number of likely N-dealkylation sites (tertiary alicyclic amines) is 1. The van der Waals surface area contributed by atoms with Crippen molar-refractivity contribution in [3.8, 4) is 0 Å². The van der Waals surface area contributed by atoms with Crippen LogP contribution in [-0.4, -0.2) is 29.9 Å². The first-order valence-electron chi connectivity index (χ1n) is 9.08. The molecule has 0 bridgehead atoms. The van der Waals surface area contributed by atoms with Crippen LogP contribution in [0.25, 0.3) is 0 Å². The molecule has 3 rings (SSSR count). The Bertz CT molecular complexity index is 581. The Morgan fingerprint density at radius 3 is 2.52 bits per heavy atom. The van der Waals surface area contributed by atoms with Gasteiger partial charge in [-0.15, -0.1) is 0 Å². The number of carbonyl (C=O) groups excluding carboxylic acids is 1. The zero-order chi connectivity index (χ0) is 17.9. The minimum Gasteiger partial charge on any atom is -0.353 e. The van der Waals surface area contributed by atoms with E-state index in [1.807, 2.05) is 0 Å². The molecule has 0 spiro atoms. The Labute approximate surface area is 146 Å². The van der Waals surface area contributed by atoms with Gasteiger partial charge in [-0.1, -0.05) is 12.1 Å². The third-order valence-corrected chi connectivity index (χ3v) is 5.01. The summed E-state index contributed by atoms with van der Waals surface area (Å²) in [5.41, 5.74) is 0.301. The van der Waals surface area contributed by atoms with Crippen molar-refractivity contribution in [1.82, 2.24) is 10.2 Å². The van der Waals surface area contributed by atoms with Crippen LogP contribution in [0, 0.1) is 5.92 Å². The van der Waals surface area contributed by atoms with Gasteiger partial charge < -0.3 is 5.32 Å². The van der Waals surface area contributed by atoms with Gasteiger partial charge in [-0.3, -0.25) is 9.69 Å². The maximum absolute atomic E-state index is 12.6. The van der Waals surface area contributed by atoms with Crippen LogP contribution in [0.3, 0.4) is 0 Å². The minimum atomic E-state index is -4.28. The zero-order valence-electron chi connectivity index (χ0n) is 14.3. The molecule has 1 aromatic rings. The molecule has 0 unspecified atom stereocenters. The van der Waals surface area contributed by atoms with E-state index in [9.17, 15) is 18.0 Å². The van der Waals surface area contributed by atoms with Gasteiger partial charge in [0.15, 0.2) is 0 Å². The molecule has 138 valence electrons. The van der Waals surface area contributed by atoms with Crippen LogP contribution in [0.5, 0.6) is 0 Å². The quantitative estimate of drug-likeness (QED) is 0.838. The summed E-state index contributed by atoms with van der Waals surface area (Å²) < 4.78 is 37.9. The van der Waals surface area contributed by atoms with Gasteiger partial charge in [-0.05, 0) is 62.3 Å². The fourth-order valence-corrected chi connectivity index (χ4v) is 3.45. The summed E-state index contributed by atoms with van der Waals surface area (Å²) in [7, 11) is 0. The van der Waals surface area contributed by atoms with E-state index in [1.54, 1.807) is 12.1 Å². The summed E-state index contributed by atoms with van der Waals surface area (Å²) in [6, 6.07) is 5.85. The van der Waals surface area contributed by atoms with Gasteiger partial charge in [0, 0.05) is 25.6 Å². The molecule has 1 atom stereocenters. The number of hydrogen-bond acceptors (Lipinski definition) is 2. The van der Waals surface area contributed by atoms with E-state index in [1.165, 1.54) is 0 Å². The van der Waals surface area contributed by atoms with Crippen LogP contribution in [0.4, 0.5) is 13.2 Å². The van der Waals surface area contributed by atoms with Gasteiger partial charge in [-0.25, -0.2) is 0 Å². The van der Waals surface area contributed by atoms with E-state index in [2.05, 4.69) is 10.2 Å². The van der Waals surface area contributed by atoms with E-state index in [0.717, 1.165) is 62.9 Å². The summed E-state index contributed by atoms with van der Waals surface area (Å²) in [5.74, 6) is 0.649. The molecule has 1 aromatic carbocycles. The number of alkyl halides is 3. The van der Waals surface area contributed by atoms with Crippen molar-refractivity contribution in [2.75, 3.05) is 13.1 Å². The highest BCUT2D eigenvalue weighted by molar-refractivity contribution is 5.76. The number of carbonyl (C=O) groups is 1. The van der Waals surface area contributed by atoms with Crippen LogP contribution in [-0.2, 0) is 17.5 Å². The lowest BCUT2D eigenvalue weighted by atomic mass is 9.93. The molecule has 3 nitrogen and oxygen atoms in total. The molecular formula is C19H25F3N2O. The Morgan fingerprint density at radius 1 is 1.16 bits per heavy atom. The average Bonchev–Trinajstić information content (AvgIpc) is 3.37. The molecule has 1 saturated carbocycles. The lowest BCUT2D eigenvalue weighted by Gasteiger charge is -2.32. The van der Waals surface area contributed by atoms with Crippen LogP contribution in [0.1, 0.15) is 49.7 Å². The number of hydrogen-bond donors (Lipinski definition) is 1. The topological polar surface area (TPSA) is 32.3 Å². The van der Waals surface area contributed by atoms with Gasteiger partial charge in [-0.2, -0.15) is 13.2 Å². The smallest absolute Gasteiger partial charge is 0.353 e. The first kappa shape index (κ1) is 18.2. The molecule has 1 N–H and O–H groups in total. The summed E-state index contributed by atoms with van der Waals surface area (Å²) >= 11 is 0. The Hall–Kier alpha value is -1.56. The van der Waals surface area contributed by atoms with Gasteiger partial charge in [0.2, 0.25) is 5.91 Å². The number of halogens is 3. The van der Waals surface area contributed by atoms with Crippen molar-refractivity contribution in [3.05, 3.63) is 35.4 Å². The minimum absolute atomic E-state index is 0.155. The van der Waals surface area contributed by atoms with E-state index in [0.29, 0.717) is 24.9 Å². The molecule has 0 aromatic heterocycles. The summed E-state index contributed by atoms with van der Waals surface area (Å²) in [6.45, 7) is 2.55. The highest BCUT2D eigenvalue weighted by Gasteiger charge is 2.30. The second-order valence-corrected chi connectivity index (χ2v) is 7.32. The lowest BCUT2D eigenvalue weighted by Crippen LogP contribution is -2.35. The monoisotopic (exact) mass is 354 g/mol. The molecule has 1 amide bonds. The number of benzene rings is 1. The van der Waals surface area contributed by atoms with Crippen molar-refractivity contribution in [2.24, 2.45) is 5.92 Å². The molecular weight excluding hydrogens is 329 g/mol. The molecule has 0 radical (unpaired) electrons. The summed E-state index contributed by atoms with van der Waals surface area (Å²) in [6.07, 6.45) is 1.61. The van der Waals surface area contributed by atoms with Gasteiger partial charge >= 0.3 is 6.18 Å². The van der Waals surface area contributed by atoms with Gasteiger partial charge in [0.05, 0.1) is 5.56 Å². The van der Waals surface area contributed by atoms with Crippen molar-refractivity contribution in [3.63, 3.8) is 0 Å². The number of nitrogens with zero attached hydrogens (tertiary/aromatic N) is 1. The Kier molecular flexibility index (Phi) is 5.67. The standard InChI is InChI=1S/C19H25F3N2O/c20-19(21,22)16-6-3-15(4-7-16)13-24-11-1-2-14(12-24)5-10-18(25)23-17-8-9-17/h3-4,6-7,14,17H,1-2,5,8-13H2,(H,23,25)/t14-/m1/s1. The van der Waals surface area contributed by atoms with E-state index < -0.39 is 11.7 Å². The predicted octanol–water partition coefficient (Wildman–Crippen LogP) is 3.98. The fourth-order valence-electron chi connectivity index (χ4n) is 3.45. The van der Waals surface area contributed by atoms with Crippen molar-refractivity contribution in [1.29, 1.82) is 0 Å². The number of piperidine rings is 1. The first-order chi connectivity index (χ1) is 11.9. The Morgan fingerprint density at radius 2 is 1.88 bits per heavy atom. The van der Waals surface area contributed by atoms with Gasteiger partial charge in [0.25, 0.3) is 0 Å². The van der Waals surface area contributed by atoms with Crippen LogP contribution >= 0.6 is 0 Å². The molecule has 1 heterocycles.